The molecule has 0 spiro atoms. The summed E-state index contributed by atoms with van der Waals surface area (Å²) in [4.78, 5) is 8.84. The summed E-state index contributed by atoms with van der Waals surface area (Å²) in [6, 6.07) is 7.38. The number of rotatable bonds is 7. The minimum Gasteiger partial charge on any atom is -0.493 e. The second kappa shape index (κ2) is 7.99. The van der Waals surface area contributed by atoms with E-state index in [1.165, 1.54) is 0 Å². The van der Waals surface area contributed by atoms with Gasteiger partial charge in [-0.15, -0.1) is 0 Å². The van der Waals surface area contributed by atoms with Crippen LogP contribution in [0.4, 0.5) is 11.8 Å². The van der Waals surface area contributed by atoms with E-state index in [1.807, 2.05) is 31.2 Å². The Bertz CT molecular complexity index is 918. The van der Waals surface area contributed by atoms with Gasteiger partial charge in [0.15, 0.2) is 21.3 Å². The Hall–Kier alpha value is -2.55. The van der Waals surface area contributed by atoms with E-state index in [2.05, 4.69) is 20.6 Å². The summed E-state index contributed by atoms with van der Waals surface area (Å²) in [5, 5.41) is 6.40. The van der Waals surface area contributed by atoms with Crippen LogP contribution in [-0.2, 0) is 16.4 Å². The Kier molecular flexibility index (Phi) is 5.69. The van der Waals surface area contributed by atoms with Gasteiger partial charge in [0.2, 0.25) is 5.95 Å². The molecule has 1 aromatic heterocycles. The predicted molar refractivity (Wildman–Crippen MR) is 104 cm³/mol. The van der Waals surface area contributed by atoms with E-state index in [0.29, 0.717) is 36.2 Å². The lowest BCUT2D eigenvalue weighted by Crippen LogP contribution is -2.21. The van der Waals surface area contributed by atoms with Crippen LogP contribution in [0.15, 0.2) is 24.3 Å². The Balaban J connectivity index is 1.68. The lowest BCUT2D eigenvalue weighted by Gasteiger charge is -2.14. The van der Waals surface area contributed by atoms with Crippen molar-refractivity contribution in [2.75, 3.05) is 36.4 Å². The summed E-state index contributed by atoms with van der Waals surface area (Å²) in [6.07, 6.45) is 0.597. The second-order valence-electron chi connectivity index (χ2n) is 6.51. The van der Waals surface area contributed by atoms with Crippen LogP contribution in [0.3, 0.4) is 0 Å². The van der Waals surface area contributed by atoms with Gasteiger partial charge in [-0.3, -0.25) is 0 Å². The summed E-state index contributed by atoms with van der Waals surface area (Å²) < 4.78 is 33.8. The molecule has 1 aromatic carbocycles. The minimum atomic E-state index is -2.94. The SMILES string of the molecule is COc1ccc(CNc2nc(C)cc(NC3CCS(=O)(=O)C3)n2)cc1OC. The average Bonchev–Trinajstić information content (AvgIpc) is 2.97. The highest BCUT2D eigenvalue weighted by molar-refractivity contribution is 7.91. The van der Waals surface area contributed by atoms with E-state index in [0.717, 1.165) is 11.3 Å². The van der Waals surface area contributed by atoms with Gasteiger partial charge in [0.1, 0.15) is 5.82 Å². The molecule has 1 aliphatic rings. The number of nitrogens with one attached hydrogen (secondary N) is 2. The zero-order chi connectivity index (χ0) is 19.4. The van der Waals surface area contributed by atoms with Crippen LogP contribution in [0, 0.1) is 6.92 Å². The minimum absolute atomic E-state index is 0.108. The number of anilines is 2. The third kappa shape index (κ3) is 5.00. The molecule has 0 saturated carbocycles. The van der Waals surface area contributed by atoms with Crippen molar-refractivity contribution >= 4 is 21.6 Å². The number of aryl methyl sites for hydroxylation is 1. The molecule has 0 radical (unpaired) electrons. The molecule has 27 heavy (non-hydrogen) atoms. The van der Waals surface area contributed by atoms with Gasteiger partial charge in [0, 0.05) is 24.3 Å². The van der Waals surface area contributed by atoms with Crippen molar-refractivity contribution in [2.45, 2.75) is 25.9 Å². The number of methoxy groups -OCH3 is 2. The second-order valence-corrected chi connectivity index (χ2v) is 8.73. The van der Waals surface area contributed by atoms with E-state index < -0.39 is 9.84 Å². The summed E-state index contributed by atoms with van der Waals surface area (Å²) in [6.45, 7) is 2.39. The maximum Gasteiger partial charge on any atom is 0.225 e. The van der Waals surface area contributed by atoms with Crippen LogP contribution in [-0.4, -0.2) is 50.2 Å². The molecule has 1 fully saturated rings. The standard InChI is InChI=1S/C18H24N4O4S/c1-12-8-17(21-14-6-7-27(23,24)11-14)22-18(20-12)19-10-13-4-5-15(25-2)16(9-13)26-3/h4-5,8-9,14H,6-7,10-11H2,1-3H3,(H2,19,20,21,22). The number of nitrogens with zero attached hydrogens (tertiary/aromatic N) is 2. The van der Waals surface area contributed by atoms with Gasteiger partial charge in [0.25, 0.3) is 0 Å². The van der Waals surface area contributed by atoms with E-state index >= 15 is 0 Å². The maximum atomic E-state index is 11.6. The fraction of sp³-hybridized carbons (Fsp3) is 0.444. The molecule has 2 N–H and O–H groups in total. The Morgan fingerprint density at radius 1 is 1.15 bits per heavy atom. The molecule has 1 saturated heterocycles. The van der Waals surface area contributed by atoms with Gasteiger partial charge in [0.05, 0.1) is 25.7 Å². The number of benzene rings is 1. The maximum absolute atomic E-state index is 11.6. The Morgan fingerprint density at radius 3 is 2.59 bits per heavy atom. The molecule has 0 amide bonds. The topological polar surface area (TPSA) is 102 Å². The molecule has 0 aliphatic carbocycles. The van der Waals surface area contributed by atoms with Crippen molar-refractivity contribution in [1.82, 2.24) is 9.97 Å². The van der Waals surface area contributed by atoms with Gasteiger partial charge in [-0.05, 0) is 31.0 Å². The number of aromatic nitrogens is 2. The first kappa shape index (κ1) is 19.2. The van der Waals surface area contributed by atoms with Crippen molar-refractivity contribution in [1.29, 1.82) is 0 Å². The van der Waals surface area contributed by atoms with E-state index in [-0.39, 0.29) is 17.5 Å². The van der Waals surface area contributed by atoms with Crippen LogP contribution in [0.5, 0.6) is 11.5 Å². The summed E-state index contributed by atoms with van der Waals surface area (Å²) >= 11 is 0. The molecule has 1 atom stereocenters. The third-order valence-electron chi connectivity index (χ3n) is 4.34. The zero-order valence-corrected chi connectivity index (χ0v) is 16.5. The highest BCUT2D eigenvalue weighted by atomic mass is 32.2. The van der Waals surface area contributed by atoms with Crippen LogP contribution >= 0.6 is 0 Å². The lowest BCUT2D eigenvalue weighted by atomic mass is 10.2. The van der Waals surface area contributed by atoms with Gasteiger partial charge < -0.3 is 20.1 Å². The molecule has 1 unspecified atom stereocenters. The number of hydrogen-bond donors (Lipinski definition) is 2. The van der Waals surface area contributed by atoms with Crippen molar-refractivity contribution in [3.63, 3.8) is 0 Å². The molecule has 2 aromatic rings. The average molecular weight is 392 g/mol. The third-order valence-corrected chi connectivity index (χ3v) is 6.11. The molecular formula is C18H24N4O4S. The fourth-order valence-electron chi connectivity index (χ4n) is 3.01. The van der Waals surface area contributed by atoms with Crippen LogP contribution in [0.1, 0.15) is 17.7 Å². The summed E-state index contributed by atoms with van der Waals surface area (Å²) in [5.41, 5.74) is 1.79. The van der Waals surface area contributed by atoms with Crippen molar-refractivity contribution < 1.29 is 17.9 Å². The molecule has 8 nitrogen and oxygen atoms in total. The molecule has 0 bridgehead atoms. The van der Waals surface area contributed by atoms with Crippen molar-refractivity contribution in [2.24, 2.45) is 0 Å². The first-order valence-electron chi connectivity index (χ1n) is 8.66. The molecule has 9 heteroatoms. The van der Waals surface area contributed by atoms with E-state index in [4.69, 9.17) is 9.47 Å². The van der Waals surface area contributed by atoms with Gasteiger partial charge >= 0.3 is 0 Å². The van der Waals surface area contributed by atoms with Gasteiger partial charge in [-0.1, -0.05) is 6.07 Å². The van der Waals surface area contributed by atoms with Crippen LogP contribution < -0.4 is 20.1 Å². The van der Waals surface area contributed by atoms with E-state index in [9.17, 15) is 8.42 Å². The van der Waals surface area contributed by atoms with Crippen molar-refractivity contribution in [3.05, 3.63) is 35.5 Å². The largest absolute Gasteiger partial charge is 0.493 e. The highest BCUT2D eigenvalue weighted by Crippen LogP contribution is 2.27. The quantitative estimate of drug-likeness (QED) is 0.738. The predicted octanol–water partition coefficient (Wildman–Crippen LogP) is 2.01. The Labute approximate surface area is 159 Å². The lowest BCUT2D eigenvalue weighted by molar-refractivity contribution is 0.354. The highest BCUT2D eigenvalue weighted by Gasteiger charge is 2.28. The molecule has 146 valence electrons. The summed E-state index contributed by atoms with van der Waals surface area (Å²) in [7, 11) is 0.257. The Morgan fingerprint density at radius 2 is 1.93 bits per heavy atom. The zero-order valence-electron chi connectivity index (χ0n) is 15.7. The molecular weight excluding hydrogens is 368 g/mol. The van der Waals surface area contributed by atoms with Gasteiger partial charge in [-0.2, -0.15) is 4.98 Å². The molecule has 2 heterocycles. The monoisotopic (exact) mass is 392 g/mol. The fourth-order valence-corrected chi connectivity index (χ4v) is 4.68. The van der Waals surface area contributed by atoms with Crippen LogP contribution in [0.2, 0.25) is 0 Å². The number of hydrogen-bond acceptors (Lipinski definition) is 8. The number of ether oxygens (including phenoxy) is 2. The first-order chi connectivity index (χ1) is 12.9. The molecule has 3 rings (SSSR count). The normalized spacial score (nSPS) is 18.1. The summed E-state index contributed by atoms with van der Waals surface area (Å²) in [5.74, 6) is 2.80. The molecule has 1 aliphatic heterocycles. The van der Waals surface area contributed by atoms with Gasteiger partial charge in [-0.25, -0.2) is 13.4 Å². The van der Waals surface area contributed by atoms with Crippen molar-refractivity contribution in [3.8, 4) is 11.5 Å². The number of sulfone groups is 1. The first-order valence-corrected chi connectivity index (χ1v) is 10.5. The van der Waals surface area contributed by atoms with E-state index in [1.54, 1.807) is 14.2 Å². The van der Waals surface area contributed by atoms with Crippen LogP contribution in [0.25, 0.3) is 0 Å². The smallest absolute Gasteiger partial charge is 0.225 e.